The van der Waals surface area contributed by atoms with E-state index in [0.717, 1.165) is 18.7 Å². The molecule has 1 N–H and O–H groups in total. The van der Waals surface area contributed by atoms with Crippen molar-refractivity contribution < 1.29 is 0 Å². The van der Waals surface area contributed by atoms with E-state index >= 15 is 0 Å². The predicted molar refractivity (Wildman–Crippen MR) is 58.8 cm³/mol. The summed E-state index contributed by atoms with van der Waals surface area (Å²) >= 11 is 5.90. The second-order valence-electron chi connectivity index (χ2n) is 3.90. The molecule has 76 valence electrons. The lowest BCUT2D eigenvalue weighted by Crippen LogP contribution is -2.26. The molecule has 1 saturated heterocycles. The van der Waals surface area contributed by atoms with E-state index < -0.39 is 0 Å². The van der Waals surface area contributed by atoms with Crippen LogP contribution in [0.2, 0.25) is 5.15 Å². The Morgan fingerprint density at radius 2 is 2.14 bits per heavy atom. The number of nitrogens with one attached hydrogen (secondary N) is 1. The summed E-state index contributed by atoms with van der Waals surface area (Å²) in [7, 11) is 0. The molecule has 0 radical (unpaired) electrons. The third kappa shape index (κ3) is 2.07. The molecule has 0 saturated carbocycles. The summed E-state index contributed by atoms with van der Waals surface area (Å²) < 4.78 is 0. The molecule has 0 unspecified atom stereocenters. The van der Waals surface area contributed by atoms with Gasteiger partial charge < -0.3 is 5.32 Å². The van der Waals surface area contributed by atoms with Crippen LogP contribution in [0.25, 0.3) is 0 Å². The van der Waals surface area contributed by atoms with Gasteiger partial charge in [0.05, 0.1) is 0 Å². The van der Waals surface area contributed by atoms with Gasteiger partial charge in [0, 0.05) is 6.20 Å². The number of rotatable bonds is 1. The number of piperidine rings is 1. The minimum Gasteiger partial charge on any atom is -0.317 e. The van der Waals surface area contributed by atoms with E-state index in [2.05, 4.69) is 16.4 Å². The Morgan fingerprint density at radius 3 is 2.79 bits per heavy atom. The fraction of sp³-hybridized carbons (Fsp3) is 0.545. The molecule has 2 heterocycles. The summed E-state index contributed by atoms with van der Waals surface area (Å²) in [6.45, 7) is 4.25. The molecule has 1 aromatic heterocycles. The molecular weight excluding hydrogens is 196 g/mol. The maximum Gasteiger partial charge on any atom is 0.131 e. The number of halogens is 1. The molecular formula is C11H15ClN2. The van der Waals surface area contributed by atoms with Crippen LogP contribution in [0.1, 0.15) is 29.9 Å². The maximum absolute atomic E-state index is 5.90. The molecule has 0 amide bonds. The average molecular weight is 211 g/mol. The van der Waals surface area contributed by atoms with Gasteiger partial charge in [-0.3, -0.25) is 0 Å². The van der Waals surface area contributed by atoms with Crippen LogP contribution in [0.4, 0.5) is 0 Å². The maximum atomic E-state index is 5.90. The van der Waals surface area contributed by atoms with Crippen molar-refractivity contribution in [1.29, 1.82) is 0 Å². The van der Waals surface area contributed by atoms with Crippen LogP contribution in [0.5, 0.6) is 0 Å². The molecule has 0 bridgehead atoms. The summed E-state index contributed by atoms with van der Waals surface area (Å²) in [5.41, 5.74) is 2.43. The molecule has 1 aliphatic heterocycles. The van der Waals surface area contributed by atoms with Crippen molar-refractivity contribution in [3.63, 3.8) is 0 Å². The molecule has 1 aliphatic rings. The second-order valence-corrected chi connectivity index (χ2v) is 4.26. The summed E-state index contributed by atoms with van der Waals surface area (Å²) in [5.74, 6) is 0.666. The van der Waals surface area contributed by atoms with Crippen LogP contribution >= 0.6 is 11.6 Å². The highest BCUT2D eigenvalue weighted by atomic mass is 35.5. The predicted octanol–water partition coefficient (Wildman–Crippen LogP) is 2.51. The van der Waals surface area contributed by atoms with Crippen molar-refractivity contribution in [3.05, 3.63) is 28.5 Å². The van der Waals surface area contributed by atoms with Crippen LogP contribution in [0.15, 0.2) is 12.3 Å². The van der Waals surface area contributed by atoms with Gasteiger partial charge in [-0.15, -0.1) is 0 Å². The summed E-state index contributed by atoms with van der Waals surface area (Å²) in [4.78, 5) is 4.20. The first-order valence-corrected chi connectivity index (χ1v) is 5.48. The van der Waals surface area contributed by atoms with E-state index in [-0.39, 0.29) is 0 Å². The Balaban J connectivity index is 2.18. The van der Waals surface area contributed by atoms with Gasteiger partial charge in [0.1, 0.15) is 5.15 Å². The SMILES string of the molecule is Cc1cc(C2CCNCC2)cnc1Cl. The van der Waals surface area contributed by atoms with E-state index in [1.807, 2.05) is 13.1 Å². The molecule has 0 aromatic carbocycles. The first kappa shape index (κ1) is 9.94. The van der Waals surface area contributed by atoms with Crippen molar-refractivity contribution in [2.45, 2.75) is 25.7 Å². The molecule has 0 aliphatic carbocycles. The Morgan fingerprint density at radius 1 is 1.43 bits per heavy atom. The van der Waals surface area contributed by atoms with E-state index in [1.165, 1.54) is 18.4 Å². The normalized spacial score (nSPS) is 18.4. The van der Waals surface area contributed by atoms with E-state index in [4.69, 9.17) is 11.6 Å². The van der Waals surface area contributed by atoms with Gasteiger partial charge in [-0.05, 0) is 49.9 Å². The standard InChI is InChI=1S/C11H15ClN2/c1-8-6-10(7-14-11(8)12)9-2-4-13-5-3-9/h6-7,9,13H,2-5H2,1H3. The summed E-state index contributed by atoms with van der Waals surface area (Å²) in [6, 6.07) is 2.17. The van der Waals surface area contributed by atoms with Crippen LogP contribution < -0.4 is 5.32 Å². The molecule has 14 heavy (non-hydrogen) atoms. The smallest absolute Gasteiger partial charge is 0.131 e. The fourth-order valence-corrected chi connectivity index (χ4v) is 2.06. The lowest BCUT2D eigenvalue weighted by atomic mass is 9.91. The Bertz CT molecular complexity index is 319. The average Bonchev–Trinajstić information content (AvgIpc) is 2.23. The quantitative estimate of drug-likeness (QED) is 0.721. The number of aromatic nitrogens is 1. The van der Waals surface area contributed by atoms with Crippen LogP contribution in [0.3, 0.4) is 0 Å². The van der Waals surface area contributed by atoms with Gasteiger partial charge in [-0.2, -0.15) is 0 Å². The van der Waals surface area contributed by atoms with Gasteiger partial charge in [-0.25, -0.2) is 4.98 Å². The first-order valence-electron chi connectivity index (χ1n) is 5.10. The molecule has 1 fully saturated rings. The third-order valence-electron chi connectivity index (χ3n) is 2.85. The minimum absolute atomic E-state index is 0.627. The molecule has 0 atom stereocenters. The Hall–Kier alpha value is -0.600. The van der Waals surface area contributed by atoms with Crippen LogP contribution in [0, 0.1) is 6.92 Å². The zero-order valence-electron chi connectivity index (χ0n) is 8.39. The van der Waals surface area contributed by atoms with E-state index in [1.54, 1.807) is 0 Å². The van der Waals surface area contributed by atoms with Crippen molar-refractivity contribution in [1.82, 2.24) is 10.3 Å². The Labute approximate surface area is 89.7 Å². The topological polar surface area (TPSA) is 24.9 Å². The zero-order chi connectivity index (χ0) is 9.97. The number of pyridine rings is 1. The van der Waals surface area contributed by atoms with Gasteiger partial charge in [0.2, 0.25) is 0 Å². The van der Waals surface area contributed by atoms with Crippen molar-refractivity contribution in [2.75, 3.05) is 13.1 Å². The third-order valence-corrected chi connectivity index (χ3v) is 3.24. The molecule has 1 aromatic rings. The van der Waals surface area contributed by atoms with Crippen LogP contribution in [-0.2, 0) is 0 Å². The van der Waals surface area contributed by atoms with Crippen LogP contribution in [-0.4, -0.2) is 18.1 Å². The summed E-state index contributed by atoms with van der Waals surface area (Å²) in [6.07, 6.45) is 4.34. The molecule has 2 nitrogen and oxygen atoms in total. The van der Waals surface area contributed by atoms with Crippen molar-refractivity contribution >= 4 is 11.6 Å². The zero-order valence-corrected chi connectivity index (χ0v) is 9.14. The molecule has 3 heteroatoms. The number of aryl methyl sites for hydroxylation is 1. The number of nitrogens with zero attached hydrogens (tertiary/aromatic N) is 1. The number of hydrogen-bond donors (Lipinski definition) is 1. The fourth-order valence-electron chi connectivity index (χ4n) is 1.96. The van der Waals surface area contributed by atoms with E-state index in [9.17, 15) is 0 Å². The molecule has 0 spiro atoms. The highest BCUT2D eigenvalue weighted by Crippen LogP contribution is 2.26. The van der Waals surface area contributed by atoms with Crippen molar-refractivity contribution in [2.24, 2.45) is 0 Å². The van der Waals surface area contributed by atoms with Crippen molar-refractivity contribution in [3.8, 4) is 0 Å². The lowest BCUT2D eigenvalue weighted by molar-refractivity contribution is 0.459. The summed E-state index contributed by atoms with van der Waals surface area (Å²) in [5, 5.41) is 3.99. The number of hydrogen-bond acceptors (Lipinski definition) is 2. The highest BCUT2D eigenvalue weighted by Gasteiger charge is 2.15. The van der Waals surface area contributed by atoms with Gasteiger partial charge in [0.15, 0.2) is 0 Å². The second kappa shape index (κ2) is 4.28. The van der Waals surface area contributed by atoms with Gasteiger partial charge in [0.25, 0.3) is 0 Å². The highest BCUT2D eigenvalue weighted by molar-refractivity contribution is 6.30. The lowest BCUT2D eigenvalue weighted by Gasteiger charge is -2.22. The Kier molecular flexibility index (Phi) is 3.04. The largest absolute Gasteiger partial charge is 0.317 e. The van der Waals surface area contributed by atoms with Gasteiger partial charge >= 0.3 is 0 Å². The van der Waals surface area contributed by atoms with Gasteiger partial charge in [-0.1, -0.05) is 17.7 Å². The monoisotopic (exact) mass is 210 g/mol. The minimum atomic E-state index is 0.627. The van der Waals surface area contributed by atoms with E-state index in [0.29, 0.717) is 11.1 Å². The molecule has 2 rings (SSSR count). The first-order chi connectivity index (χ1) is 6.77.